The molecule has 1 N–H and O–H groups in total. The van der Waals surface area contributed by atoms with Crippen molar-refractivity contribution in [2.45, 2.75) is 33.6 Å². The third-order valence-corrected chi connectivity index (χ3v) is 5.90. The van der Waals surface area contributed by atoms with Crippen LogP contribution in [0.25, 0.3) is 11.8 Å². The number of carbonyl (C=O) groups excluding carboxylic acids is 2. The smallest absolute Gasteiger partial charge is 0.270 e. The normalized spacial score (nSPS) is 15.6. The van der Waals surface area contributed by atoms with Gasteiger partial charge in [0.05, 0.1) is 5.69 Å². The summed E-state index contributed by atoms with van der Waals surface area (Å²) in [7, 11) is 0. The number of benzene rings is 1. The van der Waals surface area contributed by atoms with Crippen molar-refractivity contribution in [1.82, 2.24) is 14.9 Å². The lowest BCUT2D eigenvalue weighted by Crippen LogP contribution is -2.54. The number of carbonyl (C=O) groups is 2. The zero-order valence-electron chi connectivity index (χ0n) is 18.4. The summed E-state index contributed by atoms with van der Waals surface area (Å²) in [6.45, 7) is 8.15. The van der Waals surface area contributed by atoms with Crippen molar-refractivity contribution in [2.75, 3.05) is 4.90 Å². The molecular weight excluding hydrogens is 420 g/mol. The molecule has 2 aromatic heterocycles. The second-order valence-corrected chi connectivity index (χ2v) is 8.46. The lowest BCUT2D eigenvalue weighted by atomic mass is 10.0. The van der Waals surface area contributed by atoms with E-state index in [1.54, 1.807) is 18.5 Å². The molecular formula is C25H24N4O2S. The van der Waals surface area contributed by atoms with Crippen molar-refractivity contribution in [2.24, 2.45) is 0 Å². The van der Waals surface area contributed by atoms with E-state index in [1.807, 2.05) is 56.3 Å². The van der Waals surface area contributed by atoms with Crippen molar-refractivity contribution in [1.29, 1.82) is 0 Å². The zero-order valence-corrected chi connectivity index (χ0v) is 19.2. The van der Waals surface area contributed by atoms with E-state index in [4.69, 9.17) is 12.2 Å². The first-order valence-electron chi connectivity index (χ1n) is 10.4. The Morgan fingerprint density at radius 3 is 2.28 bits per heavy atom. The molecule has 0 spiro atoms. The lowest BCUT2D eigenvalue weighted by Gasteiger charge is -2.29. The fourth-order valence-electron chi connectivity index (χ4n) is 3.88. The third-order valence-electron chi connectivity index (χ3n) is 5.61. The van der Waals surface area contributed by atoms with Gasteiger partial charge in [-0.2, -0.15) is 0 Å². The van der Waals surface area contributed by atoms with Crippen LogP contribution >= 0.6 is 12.2 Å². The van der Waals surface area contributed by atoms with Crippen LogP contribution in [-0.2, 0) is 9.59 Å². The molecule has 3 heterocycles. The molecule has 6 nitrogen and oxygen atoms in total. The molecule has 1 aliphatic rings. The Hall–Kier alpha value is -3.58. The average Bonchev–Trinajstić information content (AvgIpc) is 3.04. The maximum atomic E-state index is 13.3. The second-order valence-electron chi connectivity index (χ2n) is 8.07. The monoisotopic (exact) mass is 444 g/mol. The number of hydrogen-bond donors (Lipinski definition) is 1. The highest BCUT2D eigenvalue weighted by Gasteiger charge is 2.34. The first-order chi connectivity index (χ1) is 15.3. The second kappa shape index (κ2) is 8.51. The van der Waals surface area contributed by atoms with Crippen LogP contribution in [0.1, 0.15) is 42.3 Å². The zero-order chi connectivity index (χ0) is 23.0. The molecule has 0 atom stereocenters. The van der Waals surface area contributed by atoms with Gasteiger partial charge in [-0.15, -0.1) is 0 Å². The Balaban J connectivity index is 1.73. The molecule has 1 aromatic carbocycles. The average molecular weight is 445 g/mol. The van der Waals surface area contributed by atoms with Crippen LogP contribution in [0.15, 0.2) is 60.4 Å². The molecule has 0 unspecified atom stereocenters. The third kappa shape index (κ3) is 3.87. The summed E-state index contributed by atoms with van der Waals surface area (Å²) in [6.07, 6.45) is 5.09. The van der Waals surface area contributed by atoms with Crippen molar-refractivity contribution in [3.8, 4) is 5.69 Å². The first-order valence-corrected chi connectivity index (χ1v) is 10.8. The van der Waals surface area contributed by atoms with Crippen LogP contribution in [-0.4, -0.2) is 26.5 Å². The molecule has 0 radical (unpaired) electrons. The van der Waals surface area contributed by atoms with Gasteiger partial charge in [-0.25, -0.2) is 0 Å². The molecule has 0 saturated carbocycles. The molecule has 2 amide bonds. The summed E-state index contributed by atoms with van der Waals surface area (Å²) in [5, 5.41) is 2.73. The SMILES string of the molecule is Cc1cc(/C=C2/C(=O)NC(=S)N(c3ccc(C(C)C)cc3)C2=O)c(C)n1-c1ccncc1. The molecule has 1 fully saturated rings. The van der Waals surface area contributed by atoms with Gasteiger partial charge in [-0.1, -0.05) is 26.0 Å². The van der Waals surface area contributed by atoms with Crippen molar-refractivity contribution in [3.05, 3.63) is 82.9 Å². The maximum absolute atomic E-state index is 13.3. The summed E-state index contributed by atoms with van der Waals surface area (Å²) in [6, 6.07) is 13.4. The van der Waals surface area contributed by atoms with E-state index in [1.165, 1.54) is 4.90 Å². The Kier molecular flexibility index (Phi) is 5.76. The van der Waals surface area contributed by atoms with Gasteiger partial charge in [0.25, 0.3) is 11.8 Å². The number of pyridine rings is 1. The standard InChI is InChI=1S/C25H24N4O2S/c1-15(2)18-5-7-20(8-6-18)29-24(31)22(23(30)27-25(29)32)14-19-13-16(3)28(17(19)4)21-9-11-26-12-10-21/h5-15H,1-4H3,(H,27,30,32)/b22-14-. The van der Waals surface area contributed by atoms with Crippen LogP contribution in [0.2, 0.25) is 0 Å². The van der Waals surface area contributed by atoms with Crippen molar-refractivity contribution >= 4 is 40.9 Å². The number of amides is 2. The predicted octanol–water partition coefficient (Wildman–Crippen LogP) is 4.44. The molecule has 7 heteroatoms. The van der Waals surface area contributed by atoms with Gasteiger partial charge in [-0.3, -0.25) is 24.8 Å². The molecule has 0 aliphatic carbocycles. The highest BCUT2D eigenvalue weighted by Crippen LogP contribution is 2.27. The minimum absolute atomic E-state index is 0.0431. The molecule has 1 saturated heterocycles. The van der Waals surface area contributed by atoms with E-state index < -0.39 is 11.8 Å². The molecule has 3 aromatic rings. The van der Waals surface area contributed by atoms with Crippen LogP contribution < -0.4 is 10.2 Å². The Morgan fingerprint density at radius 1 is 1.00 bits per heavy atom. The van der Waals surface area contributed by atoms with E-state index in [2.05, 4.69) is 28.7 Å². The number of thiocarbonyl (C=S) groups is 1. The summed E-state index contributed by atoms with van der Waals surface area (Å²) >= 11 is 5.32. The first kappa shape index (κ1) is 21.6. The van der Waals surface area contributed by atoms with E-state index in [-0.39, 0.29) is 10.7 Å². The summed E-state index contributed by atoms with van der Waals surface area (Å²) in [5.41, 5.74) is 5.49. The number of rotatable bonds is 4. The van der Waals surface area contributed by atoms with E-state index in [0.29, 0.717) is 11.6 Å². The summed E-state index contributed by atoms with van der Waals surface area (Å²) in [4.78, 5) is 31.5. The van der Waals surface area contributed by atoms with Crippen LogP contribution in [0.5, 0.6) is 0 Å². The van der Waals surface area contributed by atoms with Gasteiger partial charge >= 0.3 is 0 Å². The molecule has 162 valence electrons. The van der Waals surface area contributed by atoms with Crippen molar-refractivity contribution in [3.63, 3.8) is 0 Å². The number of aromatic nitrogens is 2. The lowest BCUT2D eigenvalue weighted by molar-refractivity contribution is -0.122. The maximum Gasteiger partial charge on any atom is 0.270 e. The Labute approximate surface area is 192 Å². The number of aryl methyl sites for hydroxylation is 1. The highest BCUT2D eigenvalue weighted by atomic mass is 32.1. The van der Waals surface area contributed by atoms with Gasteiger partial charge in [0.15, 0.2) is 5.11 Å². The van der Waals surface area contributed by atoms with Crippen LogP contribution in [0.4, 0.5) is 5.69 Å². The van der Waals surface area contributed by atoms with E-state index in [9.17, 15) is 9.59 Å². The van der Waals surface area contributed by atoms with Crippen LogP contribution in [0.3, 0.4) is 0 Å². The minimum atomic E-state index is -0.497. The summed E-state index contributed by atoms with van der Waals surface area (Å²) < 4.78 is 2.06. The number of nitrogens with one attached hydrogen (secondary N) is 1. The van der Waals surface area contributed by atoms with Crippen molar-refractivity contribution < 1.29 is 9.59 Å². The van der Waals surface area contributed by atoms with Gasteiger partial charge < -0.3 is 4.57 Å². The largest absolute Gasteiger partial charge is 0.318 e. The molecule has 32 heavy (non-hydrogen) atoms. The van der Waals surface area contributed by atoms with Gasteiger partial charge in [0.2, 0.25) is 0 Å². The number of anilines is 1. The molecule has 0 bridgehead atoms. The van der Waals surface area contributed by atoms with Gasteiger partial charge in [0, 0.05) is 29.5 Å². The van der Waals surface area contributed by atoms with Gasteiger partial charge in [0.1, 0.15) is 5.57 Å². The van der Waals surface area contributed by atoms with Crippen LogP contribution in [0, 0.1) is 13.8 Å². The predicted molar refractivity (Wildman–Crippen MR) is 130 cm³/mol. The van der Waals surface area contributed by atoms with Gasteiger partial charge in [-0.05, 0) is 79.5 Å². The van der Waals surface area contributed by atoms with E-state index >= 15 is 0 Å². The summed E-state index contributed by atoms with van der Waals surface area (Å²) in [5.74, 6) is -0.563. The number of hydrogen-bond acceptors (Lipinski definition) is 4. The highest BCUT2D eigenvalue weighted by molar-refractivity contribution is 7.80. The molecule has 1 aliphatic heterocycles. The Bertz CT molecular complexity index is 1240. The quantitative estimate of drug-likeness (QED) is 0.367. The van der Waals surface area contributed by atoms with E-state index in [0.717, 1.165) is 28.2 Å². The Morgan fingerprint density at radius 2 is 1.66 bits per heavy atom. The molecule has 4 rings (SSSR count). The fourth-order valence-corrected chi connectivity index (χ4v) is 4.16. The fraction of sp³-hybridized carbons (Fsp3) is 0.200. The topological polar surface area (TPSA) is 67.2 Å². The number of nitrogens with zero attached hydrogens (tertiary/aromatic N) is 3. The minimum Gasteiger partial charge on any atom is -0.318 e.